The Morgan fingerprint density at radius 2 is 1.61 bits per heavy atom. The van der Waals surface area contributed by atoms with Gasteiger partial charge in [0.05, 0.1) is 18.0 Å². The fourth-order valence-corrected chi connectivity index (χ4v) is 3.93. The maximum atomic E-state index is 13.8. The number of aromatic amines is 1. The number of benzene rings is 3. The van der Waals surface area contributed by atoms with Crippen LogP contribution in [-0.4, -0.2) is 20.4 Å². The summed E-state index contributed by atoms with van der Waals surface area (Å²) < 4.78 is 1.19. The topological polar surface area (TPSA) is 144 Å². The molecule has 10 heteroatoms. The molecule has 10 nitrogen and oxygen atoms in total. The molecule has 0 radical (unpaired) electrons. The molecule has 0 saturated carbocycles. The lowest BCUT2D eigenvalue weighted by Crippen LogP contribution is -2.41. The summed E-state index contributed by atoms with van der Waals surface area (Å²) in [6, 6.07) is 21.9. The van der Waals surface area contributed by atoms with Crippen molar-refractivity contribution < 1.29 is 9.72 Å². The van der Waals surface area contributed by atoms with Crippen molar-refractivity contribution in [2.24, 2.45) is 0 Å². The molecular formula is C26H23N5O5. The number of carbonyl (C=O) groups excluding carboxylic acids is 1. The third-order valence-corrected chi connectivity index (χ3v) is 5.75. The summed E-state index contributed by atoms with van der Waals surface area (Å²) in [6.07, 6.45) is 0. The Bertz CT molecular complexity index is 1540. The molecule has 1 heterocycles. The van der Waals surface area contributed by atoms with Crippen LogP contribution in [0.4, 0.5) is 17.2 Å². The smallest absolute Gasteiger partial charge is 0.330 e. The summed E-state index contributed by atoms with van der Waals surface area (Å²) in [5.41, 5.74) is 6.51. The van der Waals surface area contributed by atoms with Crippen LogP contribution in [-0.2, 0) is 13.1 Å². The molecule has 0 atom stereocenters. The lowest BCUT2D eigenvalue weighted by Gasteiger charge is -2.25. The normalized spacial score (nSPS) is 10.7. The fraction of sp³-hybridized carbons (Fsp3) is 0.115. The number of nitro benzene ring substituents is 1. The number of nitrogens with zero attached hydrogens (tertiary/aromatic N) is 3. The molecule has 1 aromatic heterocycles. The van der Waals surface area contributed by atoms with Gasteiger partial charge in [0.2, 0.25) is 0 Å². The molecule has 0 aliphatic rings. The Hall–Kier alpha value is -4.99. The summed E-state index contributed by atoms with van der Waals surface area (Å²) in [7, 11) is 0. The molecule has 0 bridgehead atoms. The number of nitrogens with two attached hydrogens (primary N) is 1. The number of nitrogen functional groups attached to an aromatic ring is 1. The summed E-state index contributed by atoms with van der Waals surface area (Å²) in [4.78, 5) is 53.5. The Morgan fingerprint density at radius 1 is 1.00 bits per heavy atom. The van der Waals surface area contributed by atoms with Gasteiger partial charge in [-0.1, -0.05) is 60.7 Å². The number of aromatic nitrogens is 2. The minimum atomic E-state index is -0.814. The first-order chi connectivity index (χ1) is 17.3. The first-order valence-electron chi connectivity index (χ1n) is 11.0. The van der Waals surface area contributed by atoms with E-state index in [9.17, 15) is 24.5 Å². The van der Waals surface area contributed by atoms with Crippen LogP contribution in [0.1, 0.15) is 27.0 Å². The number of nitrogens with one attached hydrogen (secondary N) is 1. The molecule has 0 fully saturated rings. The lowest BCUT2D eigenvalue weighted by atomic mass is 10.1. The highest BCUT2D eigenvalue weighted by Gasteiger charge is 2.27. The zero-order valence-corrected chi connectivity index (χ0v) is 19.4. The number of amides is 1. The van der Waals surface area contributed by atoms with Crippen molar-refractivity contribution in [3.63, 3.8) is 0 Å². The molecule has 3 aromatic carbocycles. The Morgan fingerprint density at radius 3 is 2.19 bits per heavy atom. The van der Waals surface area contributed by atoms with E-state index < -0.39 is 22.1 Å². The summed E-state index contributed by atoms with van der Waals surface area (Å²) in [5, 5.41) is 11.2. The number of carbonyl (C=O) groups is 1. The molecule has 0 unspecified atom stereocenters. The van der Waals surface area contributed by atoms with Crippen LogP contribution in [0.2, 0.25) is 0 Å². The summed E-state index contributed by atoms with van der Waals surface area (Å²) >= 11 is 0. The van der Waals surface area contributed by atoms with Gasteiger partial charge in [-0.2, -0.15) is 0 Å². The number of hydrogen-bond acceptors (Lipinski definition) is 6. The molecule has 4 aromatic rings. The first-order valence-corrected chi connectivity index (χ1v) is 11.0. The second-order valence-corrected chi connectivity index (χ2v) is 8.20. The van der Waals surface area contributed by atoms with Gasteiger partial charge in [-0.05, 0) is 29.7 Å². The highest BCUT2D eigenvalue weighted by atomic mass is 16.6. The number of non-ortho nitro benzene ring substituents is 1. The van der Waals surface area contributed by atoms with Crippen molar-refractivity contribution in [1.82, 2.24) is 9.55 Å². The van der Waals surface area contributed by atoms with E-state index in [1.807, 2.05) is 36.4 Å². The maximum Gasteiger partial charge on any atom is 0.330 e. The molecule has 0 aliphatic carbocycles. The van der Waals surface area contributed by atoms with Gasteiger partial charge in [-0.3, -0.25) is 34.2 Å². The number of aryl methyl sites for hydroxylation is 1. The van der Waals surface area contributed by atoms with Crippen molar-refractivity contribution in [2.75, 3.05) is 10.6 Å². The Labute approximate surface area is 205 Å². The van der Waals surface area contributed by atoms with E-state index in [0.29, 0.717) is 11.1 Å². The zero-order chi connectivity index (χ0) is 25.8. The minimum absolute atomic E-state index is 0.0209. The van der Waals surface area contributed by atoms with E-state index in [1.165, 1.54) is 27.7 Å². The van der Waals surface area contributed by atoms with Crippen LogP contribution < -0.4 is 21.9 Å². The molecule has 4 rings (SSSR count). The average Bonchev–Trinajstić information content (AvgIpc) is 2.86. The zero-order valence-electron chi connectivity index (χ0n) is 19.4. The van der Waals surface area contributed by atoms with Gasteiger partial charge >= 0.3 is 5.69 Å². The highest BCUT2D eigenvalue weighted by Crippen LogP contribution is 2.25. The standard InChI is InChI=1S/C26H23N5O5/c1-17-14-20(31(35)36)12-13-21(17)25(33)29(15-18-8-4-2-5-9-18)22-23(27)30(26(34)28-24(22)32)16-19-10-6-3-7-11-19/h2-14H,15-16,27H2,1H3,(H,28,32,34). The van der Waals surface area contributed by atoms with Gasteiger partial charge in [0.15, 0.2) is 5.69 Å². The van der Waals surface area contributed by atoms with Gasteiger partial charge in [-0.25, -0.2) is 4.79 Å². The number of anilines is 2. The second-order valence-electron chi connectivity index (χ2n) is 8.20. The predicted molar refractivity (Wildman–Crippen MR) is 136 cm³/mol. The number of nitro groups is 1. The van der Waals surface area contributed by atoms with Crippen LogP contribution in [0.15, 0.2) is 88.5 Å². The number of hydrogen-bond donors (Lipinski definition) is 2. The number of H-pyrrole nitrogens is 1. The van der Waals surface area contributed by atoms with Crippen LogP contribution in [0, 0.1) is 17.0 Å². The van der Waals surface area contributed by atoms with Crippen LogP contribution in [0.25, 0.3) is 0 Å². The van der Waals surface area contributed by atoms with Crippen molar-refractivity contribution in [3.8, 4) is 0 Å². The second kappa shape index (κ2) is 10.1. The molecule has 36 heavy (non-hydrogen) atoms. The quantitative estimate of drug-likeness (QED) is 0.304. The summed E-state index contributed by atoms with van der Waals surface area (Å²) in [6.45, 7) is 1.64. The van der Waals surface area contributed by atoms with E-state index in [2.05, 4.69) is 4.98 Å². The average molecular weight is 486 g/mol. The fourth-order valence-electron chi connectivity index (χ4n) is 3.93. The highest BCUT2D eigenvalue weighted by molar-refractivity contribution is 6.08. The van der Waals surface area contributed by atoms with Gasteiger partial charge in [0.1, 0.15) is 5.82 Å². The van der Waals surface area contributed by atoms with Crippen LogP contribution in [0.3, 0.4) is 0 Å². The number of rotatable bonds is 7. The third kappa shape index (κ3) is 4.92. The molecule has 0 spiro atoms. The molecular weight excluding hydrogens is 462 g/mol. The molecule has 182 valence electrons. The Balaban J connectivity index is 1.86. The third-order valence-electron chi connectivity index (χ3n) is 5.75. The Kier molecular flexibility index (Phi) is 6.77. The first kappa shape index (κ1) is 24.1. The van der Waals surface area contributed by atoms with Crippen molar-refractivity contribution in [3.05, 3.63) is 132 Å². The molecule has 0 aliphatic heterocycles. The van der Waals surface area contributed by atoms with E-state index in [0.717, 1.165) is 5.56 Å². The van der Waals surface area contributed by atoms with E-state index in [1.54, 1.807) is 31.2 Å². The van der Waals surface area contributed by atoms with Gasteiger partial charge < -0.3 is 5.73 Å². The summed E-state index contributed by atoms with van der Waals surface area (Å²) in [5.74, 6) is -0.759. The maximum absolute atomic E-state index is 13.8. The SMILES string of the molecule is Cc1cc([N+](=O)[O-])ccc1C(=O)N(Cc1ccccc1)c1c(N)n(Cc2ccccc2)c(=O)[nH]c1=O. The van der Waals surface area contributed by atoms with E-state index in [-0.39, 0.29) is 35.8 Å². The molecule has 1 amide bonds. The van der Waals surface area contributed by atoms with E-state index >= 15 is 0 Å². The van der Waals surface area contributed by atoms with Gasteiger partial charge in [-0.15, -0.1) is 0 Å². The van der Waals surface area contributed by atoms with Crippen LogP contribution >= 0.6 is 0 Å². The van der Waals surface area contributed by atoms with E-state index in [4.69, 9.17) is 5.73 Å². The van der Waals surface area contributed by atoms with Gasteiger partial charge in [0.25, 0.3) is 17.2 Å². The van der Waals surface area contributed by atoms with Crippen molar-refractivity contribution in [1.29, 1.82) is 0 Å². The predicted octanol–water partition coefficient (Wildman–Crippen LogP) is 3.23. The lowest BCUT2D eigenvalue weighted by molar-refractivity contribution is -0.384. The van der Waals surface area contributed by atoms with Crippen molar-refractivity contribution in [2.45, 2.75) is 20.0 Å². The van der Waals surface area contributed by atoms with Gasteiger partial charge in [0, 0.05) is 17.7 Å². The molecule has 0 saturated heterocycles. The van der Waals surface area contributed by atoms with Crippen molar-refractivity contribution >= 4 is 23.1 Å². The van der Waals surface area contributed by atoms with Crippen LogP contribution in [0.5, 0.6) is 0 Å². The largest absolute Gasteiger partial charge is 0.383 e. The monoisotopic (exact) mass is 485 g/mol. The minimum Gasteiger partial charge on any atom is -0.383 e. The molecule has 3 N–H and O–H groups in total.